The van der Waals surface area contributed by atoms with Gasteiger partial charge in [-0.1, -0.05) is 23.7 Å². The molecule has 0 aliphatic heterocycles. The lowest BCUT2D eigenvalue weighted by molar-refractivity contribution is 0.112. The summed E-state index contributed by atoms with van der Waals surface area (Å²) in [6.07, 6.45) is 0.695. The van der Waals surface area contributed by atoms with Crippen LogP contribution in [0, 0.1) is 5.82 Å². The first-order valence-corrected chi connectivity index (χ1v) is 5.68. The Morgan fingerprint density at radius 2 is 2.06 bits per heavy atom. The largest absolute Gasteiger partial charge is 0.489 e. The molecule has 0 radical (unpaired) electrons. The molecule has 0 aliphatic carbocycles. The predicted molar refractivity (Wildman–Crippen MR) is 67.6 cm³/mol. The zero-order valence-electron chi connectivity index (χ0n) is 9.40. The van der Waals surface area contributed by atoms with Gasteiger partial charge in [-0.25, -0.2) is 4.39 Å². The molecule has 0 saturated heterocycles. The van der Waals surface area contributed by atoms with Crippen molar-refractivity contribution in [2.75, 3.05) is 0 Å². The Kier molecular flexibility index (Phi) is 3.95. The third-order valence-electron chi connectivity index (χ3n) is 2.32. The Hall–Kier alpha value is -1.87. The van der Waals surface area contributed by atoms with E-state index in [0.717, 1.165) is 0 Å². The fourth-order valence-corrected chi connectivity index (χ4v) is 1.76. The second-order valence-electron chi connectivity index (χ2n) is 3.76. The molecule has 0 spiro atoms. The monoisotopic (exact) mass is 264 g/mol. The smallest absolute Gasteiger partial charge is 0.150 e. The van der Waals surface area contributed by atoms with E-state index in [2.05, 4.69) is 0 Å². The van der Waals surface area contributed by atoms with E-state index in [0.29, 0.717) is 28.2 Å². The van der Waals surface area contributed by atoms with Crippen molar-refractivity contribution in [2.45, 2.75) is 6.61 Å². The van der Waals surface area contributed by atoms with Gasteiger partial charge in [0, 0.05) is 10.6 Å². The number of hydrogen-bond donors (Lipinski definition) is 0. The molecular formula is C14H10ClFO2. The number of benzene rings is 2. The fraction of sp³-hybridized carbons (Fsp3) is 0.0714. The van der Waals surface area contributed by atoms with Gasteiger partial charge < -0.3 is 4.74 Å². The number of hydrogen-bond acceptors (Lipinski definition) is 2. The third kappa shape index (κ3) is 3.31. The molecule has 0 aliphatic rings. The Morgan fingerprint density at radius 1 is 1.22 bits per heavy atom. The highest BCUT2D eigenvalue weighted by Gasteiger charge is 2.01. The summed E-state index contributed by atoms with van der Waals surface area (Å²) in [5.74, 6) is 0.171. The van der Waals surface area contributed by atoms with E-state index in [4.69, 9.17) is 16.3 Å². The molecular weight excluding hydrogens is 255 g/mol. The summed E-state index contributed by atoms with van der Waals surface area (Å²) in [6.45, 7) is 0.219. The van der Waals surface area contributed by atoms with Crippen LogP contribution in [-0.2, 0) is 6.61 Å². The van der Waals surface area contributed by atoms with Crippen molar-refractivity contribution in [3.63, 3.8) is 0 Å². The molecule has 0 bridgehead atoms. The summed E-state index contributed by atoms with van der Waals surface area (Å²) in [4.78, 5) is 10.7. The Labute approximate surface area is 109 Å². The fourth-order valence-electron chi connectivity index (χ4n) is 1.53. The minimum atomic E-state index is -0.309. The summed E-state index contributed by atoms with van der Waals surface area (Å²) in [6, 6.07) is 10.9. The van der Waals surface area contributed by atoms with Crippen molar-refractivity contribution in [2.24, 2.45) is 0 Å². The van der Waals surface area contributed by atoms with Gasteiger partial charge in [-0.15, -0.1) is 0 Å². The van der Waals surface area contributed by atoms with Crippen LogP contribution >= 0.6 is 11.6 Å². The van der Waals surface area contributed by atoms with Crippen molar-refractivity contribution in [1.82, 2.24) is 0 Å². The van der Waals surface area contributed by atoms with Crippen LogP contribution in [0.5, 0.6) is 5.75 Å². The van der Waals surface area contributed by atoms with Gasteiger partial charge in [-0.3, -0.25) is 4.79 Å². The molecule has 0 aromatic heterocycles. The van der Waals surface area contributed by atoms with Crippen LogP contribution in [0.2, 0.25) is 5.02 Å². The number of carbonyl (C=O) groups is 1. The summed E-state index contributed by atoms with van der Waals surface area (Å²) >= 11 is 5.84. The normalized spacial score (nSPS) is 10.1. The van der Waals surface area contributed by atoms with Crippen molar-refractivity contribution in [3.8, 4) is 5.75 Å². The molecule has 18 heavy (non-hydrogen) atoms. The van der Waals surface area contributed by atoms with E-state index in [1.54, 1.807) is 30.3 Å². The molecule has 0 unspecified atom stereocenters. The molecule has 2 nitrogen and oxygen atoms in total. The van der Waals surface area contributed by atoms with Crippen LogP contribution in [0.3, 0.4) is 0 Å². The molecule has 0 saturated carbocycles. The van der Waals surface area contributed by atoms with Crippen molar-refractivity contribution in [1.29, 1.82) is 0 Å². The molecule has 92 valence electrons. The van der Waals surface area contributed by atoms with Crippen LogP contribution in [0.15, 0.2) is 42.5 Å². The molecule has 0 heterocycles. The Morgan fingerprint density at radius 3 is 2.78 bits per heavy atom. The van der Waals surface area contributed by atoms with Gasteiger partial charge in [0.2, 0.25) is 0 Å². The lowest BCUT2D eigenvalue weighted by Crippen LogP contribution is -1.96. The van der Waals surface area contributed by atoms with Crippen molar-refractivity contribution < 1.29 is 13.9 Å². The van der Waals surface area contributed by atoms with E-state index < -0.39 is 0 Å². The summed E-state index contributed by atoms with van der Waals surface area (Å²) in [5, 5.41) is 0.425. The molecule has 2 aromatic carbocycles. The topological polar surface area (TPSA) is 26.3 Å². The lowest BCUT2D eigenvalue weighted by atomic mass is 10.2. The predicted octanol–water partition coefficient (Wildman–Crippen LogP) is 3.87. The van der Waals surface area contributed by atoms with Crippen molar-refractivity contribution in [3.05, 3.63) is 64.4 Å². The SMILES string of the molecule is O=Cc1cc(Cl)cc(OCc2cccc(F)c2)c1. The highest BCUT2D eigenvalue weighted by Crippen LogP contribution is 2.21. The van der Waals surface area contributed by atoms with Gasteiger partial charge in [-0.05, 0) is 35.9 Å². The molecule has 2 rings (SSSR count). The van der Waals surface area contributed by atoms with Crippen LogP contribution in [0.25, 0.3) is 0 Å². The minimum absolute atomic E-state index is 0.219. The zero-order chi connectivity index (χ0) is 13.0. The molecule has 0 fully saturated rings. The second-order valence-corrected chi connectivity index (χ2v) is 4.19. The molecule has 2 aromatic rings. The van der Waals surface area contributed by atoms with Gasteiger partial charge in [0.15, 0.2) is 0 Å². The highest BCUT2D eigenvalue weighted by molar-refractivity contribution is 6.31. The van der Waals surface area contributed by atoms with Gasteiger partial charge >= 0.3 is 0 Å². The number of rotatable bonds is 4. The van der Waals surface area contributed by atoms with Gasteiger partial charge in [0.25, 0.3) is 0 Å². The third-order valence-corrected chi connectivity index (χ3v) is 2.54. The van der Waals surface area contributed by atoms with Crippen LogP contribution in [-0.4, -0.2) is 6.29 Å². The second kappa shape index (κ2) is 5.65. The van der Waals surface area contributed by atoms with Crippen LogP contribution in [0.4, 0.5) is 4.39 Å². The first-order chi connectivity index (χ1) is 8.67. The van der Waals surface area contributed by atoms with Crippen molar-refractivity contribution >= 4 is 17.9 Å². The first-order valence-electron chi connectivity index (χ1n) is 5.30. The number of carbonyl (C=O) groups excluding carboxylic acids is 1. The minimum Gasteiger partial charge on any atom is -0.489 e. The quantitative estimate of drug-likeness (QED) is 0.784. The summed E-state index contributed by atoms with van der Waals surface area (Å²) < 4.78 is 18.4. The maximum atomic E-state index is 13.0. The van der Waals surface area contributed by atoms with Gasteiger partial charge in [0.1, 0.15) is 24.5 Å². The molecule has 0 N–H and O–H groups in total. The average molecular weight is 265 g/mol. The molecule has 4 heteroatoms. The molecule has 0 atom stereocenters. The lowest BCUT2D eigenvalue weighted by Gasteiger charge is -2.07. The first kappa shape index (κ1) is 12.6. The molecule has 0 amide bonds. The average Bonchev–Trinajstić information content (AvgIpc) is 2.36. The zero-order valence-corrected chi connectivity index (χ0v) is 10.2. The maximum Gasteiger partial charge on any atom is 0.150 e. The van der Waals surface area contributed by atoms with E-state index in [-0.39, 0.29) is 12.4 Å². The van der Waals surface area contributed by atoms with Gasteiger partial charge in [0.05, 0.1) is 0 Å². The van der Waals surface area contributed by atoms with E-state index in [1.807, 2.05) is 0 Å². The van der Waals surface area contributed by atoms with Gasteiger partial charge in [-0.2, -0.15) is 0 Å². The standard InChI is InChI=1S/C14H10ClFO2/c15-12-4-11(8-17)6-14(7-12)18-9-10-2-1-3-13(16)5-10/h1-8H,9H2. The van der Waals surface area contributed by atoms with E-state index in [9.17, 15) is 9.18 Å². The Bertz CT molecular complexity index is 569. The number of aldehydes is 1. The number of halogens is 2. The summed E-state index contributed by atoms with van der Waals surface area (Å²) in [7, 11) is 0. The van der Waals surface area contributed by atoms with Crippen LogP contribution in [0.1, 0.15) is 15.9 Å². The van der Waals surface area contributed by atoms with Crippen LogP contribution < -0.4 is 4.74 Å². The summed E-state index contributed by atoms with van der Waals surface area (Å²) in [5.41, 5.74) is 1.15. The van der Waals surface area contributed by atoms with E-state index >= 15 is 0 Å². The van der Waals surface area contributed by atoms with E-state index in [1.165, 1.54) is 12.1 Å². The highest BCUT2D eigenvalue weighted by atomic mass is 35.5. The number of ether oxygens (including phenoxy) is 1. The maximum absolute atomic E-state index is 13.0. The Balaban J connectivity index is 2.10.